The van der Waals surface area contributed by atoms with Crippen molar-refractivity contribution in [2.45, 2.75) is 64.0 Å². The number of rotatable bonds is 0. The van der Waals surface area contributed by atoms with E-state index in [9.17, 15) is 4.79 Å². The summed E-state index contributed by atoms with van der Waals surface area (Å²) in [5.74, 6) is 0. The van der Waals surface area contributed by atoms with Gasteiger partial charge in [0.05, 0.1) is 12.1 Å². The van der Waals surface area contributed by atoms with Gasteiger partial charge in [-0.3, -0.25) is 4.18 Å². The van der Waals surface area contributed by atoms with Crippen molar-refractivity contribution < 1.29 is 13.7 Å². The highest BCUT2D eigenvalue weighted by atomic mass is 32.2. The van der Waals surface area contributed by atoms with Crippen LogP contribution in [0.25, 0.3) is 0 Å². The summed E-state index contributed by atoms with van der Waals surface area (Å²) in [5.41, 5.74) is -0.472. The molecule has 1 aliphatic carbocycles. The molecule has 1 amide bonds. The van der Waals surface area contributed by atoms with Gasteiger partial charge >= 0.3 is 6.09 Å². The molecule has 17 heavy (non-hydrogen) atoms. The summed E-state index contributed by atoms with van der Waals surface area (Å²) in [6.07, 6.45) is 5.20. The summed E-state index contributed by atoms with van der Waals surface area (Å²) in [5, 5.41) is 0. The molecular formula is C12H21NO3S. The van der Waals surface area contributed by atoms with Crippen molar-refractivity contribution in [3.05, 3.63) is 0 Å². The molecule has 4 nitrogen and oxygen atoms in total. The van der Waals surface area contributed by atoms with Crippen LogP contribution in [0.4, 0.5) is 4.79 Å². The molecule has 5 heteroatoms. The first-order valence-electron chi connectivity index (χ1n) is 6.26. The Morgan fingerprint density at radius 2 is 1.94 bits per heavy atom. The van der Waals surface area contributed by atoms with Crippen LogP contribution in [-0.4, -0.2) is 28.1 Å². The quantitative estimate of drug-likeness (QED) is 0.493. The molecule has 0 unspecified atom stereocenters. The van der Waals surface area contributed by atoms with Gasteiger partial charge in [0.2, 0.25) is 0 Å². The van der Waals surface area contributed by atoms with Crippen molar-refractivity contribution in [1.82, 2.24) is 4.31 Å². The summed E-state index contributed by atoms with van der Waals surface area (Å²) in [7, 11) is 0. The van der Waals surface area contributed by atoms with Crippen LogP contribution in [0.5, 0.6) is 0 Å². The van der Waals surface area contributed by atoms with Gasteiger partial charge in [0.25, 0.3) is 0 Å². The average molecular weight is 259 g/mol. The van der Waals surface area contributed by atoms with E-state index in [-0.39, 0.29) is 11.6 Å². The van der Waals surface area contributed by atoms with Gasteiger partial charge in [0.15, 0.2) is 0 Å². The van der Waals surface area contributed by atoms with Crippen molar-refractivity contribution in [2.75, 3.05) is 6.61 Å². The summed E-state index contributed by atoms with van der Waals surface area (Å²) in [6.45, 7) is 6.40. The monoisotopic (exact) mass is 259 g/mol. The minimum Gasteiger partial charge on any atom is -0.443 e. The van der Waals surface area contributed by atoms with E-state index in [2.05, 4.69) is 0 Å². The van der Waals surface area contributed by atoms with Gasteiger partial charge in [0, 0.05) is 0 Å². The third kappa shape index (κ3) is 2.88. The van der Waals surface area contributed by atoms with Gasteiger partial charge in [-0.05, 0) is 40.0 Å². The number of carbonyl (C=O) groups excluding carboxylic acids is 1. The maximum atomic E-state index is 12.2. The molecule has 2 rings (SSSR count). The zero-order chi connectivity index (χ0) is 12.5. The summed E-state index contributed by atoms with van der Waals surface area (Å²) < 4.78 is 12.5. The molecule has 2 aliphatic rings. The Hall–Kier alpha value is -0.420. The zero-order valence-electron chi connectivity index (χ0n) is 10.8. The molecule has 1 heterocycles. The Labute approximate surface area is 107 Å². The summed E-state index contributed by atoms with van der Waals surface area (Å²) in [4.78, 5) is 12.2. The predicted molar refractivity (Wildman–Crippen MR) is 67.4 cm³/mol. The number of nitrogens with zero attached hydrogens (tertiary/aromatic N) is 1. The van der Waals surface area contributed by atoms with Crippen molar-refractivity contribution >= 4 is 18.3 Å². The first-order chi connectivity index (χ1) is 7.93. The van der Waals surface area contributed by atoms with E-state index in [1.807, 2.05) is 20.8 Å². The standard InChI is InChI=1S/C12H21NO3S/c1-11(2,3)16-10(14)13-12(6-4-5-7-12)8-9-15-17-13/h4-9H2,1-3H3. The molecule has 1 aliphatic heterocycles. The van der Waals surface area contributed by atoms with Gasteiger partial charge in [-0.25, -0.2) is 9.10 Å². The van der Waals surface area contributed by atoms with E-state index in [0.717, 1.165) is 25.9 Å². The van der Waals surface area contributed by atoms with Gasteiger partial charge in [0.1, 0.15) is 17.8 Å². The number of carbonyl (C=O) groups is 1. The molecule has 0 aromatic carbocycles. The lowest BCUT2D eigenvalue weighted by Crippen LogP contribution is -2.50. The predicted octanol–water partition coefficient (Wildman–Crippen LogP) is 3.52. The van der Waals surface area contributed by atoms with Crippen molar-refractivity contribution in [2.24, 2.45) is 0 Å². The molecule has 0 bridgehead atoms. The Kier molecular flexibility index (Phi) is 3.59. The largest absolute Gasteiger partial charge is 0.443 e. The normalized spacial score (nSPS) is 24.1. The van der Waals surface area contributed by atoms with E-state index in [0.29, 0.717) is 0 Å². The molecule has 0 N–H and O–H groups in total. The molecular weight excluding hydrogens is 238 g/mol. The Balaban J connectivity index is 2.08. The highest BCUT2D eigenvalue weighted by Gasteiger charge is 2.46. The second kappa shape index (κ2) is 4.69. The van der Waals surface area contributed by atoms with Crippen LogP contribution in [0, 0.1) is 0 Å². The topological polar surface area (TPSA) is 38.8 Å². The molecule has 1 spiro atoms. The first kappa shape index (κ1) is 13.0. The van der Waals surface area contributed by atoms with E-state index in [1.165, 1.54) is 25.1 Å². The molecule has 1 saturated heterocycles. The maximum Gasteiger partial charge on any atom is 0.422 e. The molecule has 0 aromatic rings. The lowest BCUT2D eigenvalue weighted by molar-refractivity contribution is 0.0150. The highest BCUT2D eigenvalue weighted by Crippen LogP contribution is 2.45. The fraction of sp³-hybridized carbons (Fsp3) is 0.917. The lowest BCUT2D eigenvalue weighted by atomic mass is 9.94. The van der Waals surface area contributed by atoms with Crippen LogP contribution < -0.4 is 0 Å². The average Bonchev–Trinajstić information content (AvgIpc) is 2.65. The number of ether oxygens (including phenoxy) is 1. The van der Waals surface area contributed by atoms with Crippen LogP contribution >= 0.6 is 12.2 Å². The fourth-order valence-corrected chi connectivity index (χ4v) is 3.31. The second-order valence-corrected chi connectivity index (χ2v) is 6.60. The van der Waals surface area contributed by atoms with Gasteiger partial charge in [-0.15, -0.1) is 0 Å². The van der Waals surface area contributed by atoms with Crippen molar-refractivity contribution in [3.8, 4) is 0 Å². The van der Waals surface area contributed by atoms with Gasteiger partial charge in [-0.1, -0.05) is 12.8 Å². The van der Waals surface area contributed by atoms with E-state index < -0.39 is 5.60 Å². The molecule has 0 atom stereocenters. The minimum absolute atomic E-state index is 0.0226. The Morgan fingerprint density at radius 1 is 1.29 bits per heavy atom. The first-order valence-corrected chi connectivity index (χ1v) is 6.96. The summed E-state index contributed by atoms with van der Waals surface area (Å²) in [6, 6.07) is 0. The third-order valence-corrected chi connectivity index (χ3v) is 4.26. The third-order valence-electron chi connectivity index (χ3n) is 3.30. The van der Waals surface area contributed by atoms with E-state index >= 15 is 0 Å². The molecule has 98 valence electrons. The van der Waals surface area contributed by atoms with Crippen molar-refractivity contribution in [3.63, 3.8) is 0 Å². The molecule has 1 saturated carbocycles. The minimum atomic E-state index is -0.450. The second-order valence-electron chi connectivity index (χ2n) is 5.85. The van der Waals surface area contributed by atoms with Crippen molar-refractivity contribution in [1.29, 1.82) is 0 Å². The van der Waals surface area contributed by atoms with Crippen LogP contribution in [-0.2, 0) is 8.92 Å². The molecule has 0 aromatic heterocycles. The van der Waals surface area contributed by atoms with E-state index in [1.54, 1.807) is 4.31 Å². The van der Waals surface area contributed by atoms with Gasteiger partial charge < -0.3 is 4.74 Å². The van der Waals surface area contributed by atoms with Crippen LogP contribution in [0.2, 0.25) is 0 Å². The maximum absolute atomic E-state index is 12.2. The smallest absolute Gasteiger partial charge is 0.422 e. The number of amides is 1. The van der Waals surface area contributed by atoms with Gasteiger partial charge in [-0.2, -0.15) is 0 Å². The number of hydrogen-bond donors (Lipinski definition) is 0. The zero-order valence-corrected chi connectivity index (χ0v) is 11.6. The highest BCUT2D eigenvalue weighted by molar-refractivity contribution is 7.92. The van der Waals surface area contributed by atoms with Crippen LogP contribution in [0.15, 0.2) is 0 Å². The molecule has 2 fully saturated rings. The lowest BCUT2D eigenvalue weighted by Gasteiger charge is -2.42. The molecule has 0 radical (unpaired) electrons. The Morgan fingerprint density at radius 3 is 2.53 bits per heavy atom. The van der Waals surface area contributed by atoms with Crippen LogP contribution in [0.1, 0.15) is 52.9 Å². The summed E-state index contributed by atoms with van der Waals surface area (Å²) >= 11 is 1.17. The number of hydrogen-bond acceptors (Lipinski definition) is 4. The SMILES string of the molecule is CC(C)(C)OC(=O)N1SOCCC12CCCC2. The fourth-order valence-electron chi connectivity index (χ4n) is 2.52. The Bertz CT molecular complexity index is 295. The van der Waals surface area contributed by atoms with Crippen LogP contribution in [0.3, 0.4) is 0 Å². The van der Waals surface area contributed by atoms with E-state index in [4.69, 9.17) is 8.92 Å².